The number of hydrogen-bond acceptors (Lipinski definition) is 3. The van der Waals surface area contributed by atoms with E-state index in [1.165, 1.54) is 0 Å². The van der Waals surface area contributed by atoms with Crippen LogP contribution in [0.15, 0.2) is 0 Å². The Balaban J connectivity index is 2.47. The van der Waals surface area contributed by atoms with Gasteiger partial charge in [-0.25, -0.2) is 4.79 Å². The Morgan fingerprint density at radius 3 is 2.53 bits per heavy atom. The predicted molar refractivity (Wildman–Crippen MR) is 78.3 cm³/mol. The van der Waals surface area contributed by atoms with Crippen LogP contribution in [0.5, 0.6) is 0 Å². The molecule has 0 radical (unpaired) electrons. The van der Waals surface area contributed by atoms with Crippen LogP contribution < -0.4 is 5.32 Å². The number of carbonyl (C=O) groups excluding carboxylic acids is 1. The van der Waals surface area contributed by atoms with Crippen LogP contribution in [0.25, 0.3) is 0 Å². The van der Waals surface area contributed by atoms with E-state index in [9.17, 15) is 4.79 Å². The van der Waals surface area contributed by atoms with Gasteiger partial charge in [0.15, 0.2) is 0 Å². The lowest BCUT2D eigenvalue weighted by molar-refractivity contribution is 0.0224. The van der Waals surface area contributed by atoms with E-state index in [1.54, 1.807) is 0 Å². The van der Waals surface area contributed by atoms with Gasteiger partial charge in [-0.2, -0.15) is 0 Å². The van der Waals surface area contributed by atoms with Crippen molar-refractivity contribution in [3.63, 3.8) is 0 Å². The van der Waals surface area contributed by atoms with Crippen LogP contribution >= 0.6 is 0 Å². The molecular formula is C15H30N2O2. The normalized spacial score (nSPS) is 21.8. The summed E-state index contributed by atoms with van der Waals surface area (Å²) in [6, 6.07) is 0.747. The lowest BCUT2D eigenvalue weighted by Crippen LogP contribution is -2.46. The highest BCUT2D eigenvalue weighted by molar-refractivity contribution is 5.69. The molecule has 1 aliphatic rings. The Hall–Kier alpha value is -0.770. The third-order valence-electron chi connectivity index (χ3n) is 3.68. The first-order valence-electron chi connectivity index (χ1n) is 7.43. The standard InChI is InChI=1S/C15H30N2O2/c1-11(2)12(3)16-10-13-8-7-9-17(13)14(18)19-15(4,5)6/h11-13,16H,7-10H2,1-6H3. The van der Waals surface area contributed by atoms with Crippen molar-refractivity contribution in [3.05, 3.63) is 0 Å². The van der Waals surface area contributed by atoms with E-state index in [-0.39, 0.29) is 12.1 Å². The van der Waals surface area contributed by atoms with Crippen molar-refractivity contribution < 1.29 is 9.53 Å². The van der Waals surface area contributed by atoms with Gasteiger partial charge >= 0.3 is 6.09 Å². The molecule has 0 saturated carbocycles. The average Bonchev–Trinajstić information content (AvgIpc) is 2.71. The number of nitrogens with one attached hydrogen (secondary N) is 1. The fourth-order valence-electron chi connectivity index (χ4n) is 2.17. The van der Waals surface area contributed by atoms with Crippen LogP contribution in [0.4, 0.5) is 4.79 Å². The van der Waals surface area contributed by atoms with E-state index >= 15 is 0 Å². The fourth-order valence-corrected chi connectivity index (χ4v) is 2.17. The van der Waals surface area contributed by atoms with Gasteiger partial charge in [-0.15, -0.1) is 0 Å². The van der Waals surface area contributed by atoms with Gasteiger partial charge in [-0.05, 0) is 46.5 Å². The lowest BCUT2D eigenvalue weighted by Gasteiger charge is -2.30. The maximum absolute atomic E-state index is 12.1. The SMILES string of the molecule is CC(C)C(C)NCC1CCCN1C(=O)OC(C)(C)C. The van der Waals surface area contributed by atoms with E-state index in [0.29, 0.717) is 12.0 Å². The molecule has 1 heterocycles. The summed E-state index contributed by atoms with van der Waals surface area (Å²) < 4.78 is 5.47. The molecule has 112 valence electrons. The predicted octanol–water partition coefficient (Wildman–Crippen LogP) is 3.02. The zero-order chi connectivity index (χ0) is 14.6. The highest BCUT2D eigenvalue weighted by Gasteiger charge is 2.32. The monoisotopic (exact) mass is 270 g/mol. The van der Waals surface area contributed by atoms with Crippen molar-refractivity contribution in [2.75, 3.05) is 13.1 Å². The Morgan fingerprint density at radius 1 is 1.37 bits per heavy atom. The molecule has 1 aliphatic heterocycles. The highest BCUT2D eigenvalue weighted by atomic mass is 16.6. The number of carbonyl (C=O) groups is 1. The lowest BCUT2D eigenvalue weighted by atomic mass is 10.1. The summed E-state index contributed by atoms with van der Waals surface area (Å²) >= 11 is 0. The van der Waals surface area contributed by atoms with Gasteiger partial charge in [-0.3, -0.25) is 0 Å². The summed E-state index contributed by atoms with van der Waals surface area (Å²) in [5.41, 5.74) is -0.414. The van der Waals surface area contributed by atoms with E-state index in [1.807, 2.05) is 25.7 Å². The fraction of sp³-hybridized carbons (Fsp3) is 0.933. The summed E-state index contributed by atoms with van der Waals surface area (Å²) in [5.74, 6) is 0.608. The number of rotatable bonds is 4. The molecule has 4 nitrogen and oxygen atoms in total. The molecule has 1 fully saturated rings. The minimum Gasteiger partial charge on any atom is -0.444 e. The number of likely N-dealkylation sites (tertiary alicyclic amines) is 1. The molecule has 0 aromatic heterocycles. The van der Waals surface area contributed by atoms with E-state index in [0.717, 1.165) is 25.9 Å². The molecule has 2 atom stereocenters. The van der Waals surface area contributed by atoms with Crippen molar-refractivity contribution in [2.45, 2.75) is 72.1 Å². The smallest absolute Gasteiger partial charge is 0.410 e. The molecule has 2 unspecified atom stereocenters. The molecule has 19 heavy (non-hydrogen) atoms. The summed E-state index contributed by atoms with van der Waals surface area (Å²) in [6.45, 7) is 14.0. The number of amides is 1. The van der Waals surface area contributed by atoms with Gasteiger partial charge in [0.05, 0.1) is 0 Å². The van der Waals surface area contributed by atoms with E-state index in [4.69, 9.17) is 4.74 Å². The van der Waals surface area contributed by atoms with Crippen molar-refractivity contribution in [2.24, 2.45) is 5.92 Å². The zero-order valence-corrected chi connectivity index (χ0v) is 13.3. The van der Waals surface area contributed by atoms with Gasteiger partial charge in [0.25, 0.3) is 0 Å². The Bertz CT molecular complexity index is 297. The van der Waals surface area contributed by atoms with Gasteiger partial charge in [0, 0.05) is 25.2 Å². The summed E-state index contributed by atoms with van der Waals surface area (Å²) in [4.78, 5) is 14.0. The highest BCUT2D eigenvalue weighted by Crippen LogP contribution is 2.20. The maximum atomic E-state index is 12.1. The van der Waals surface area contributed by atoms with Crippen molar-refractivity contribution in [3.8, 4) is 0 Å². The molecule has 1 rings (SSSR count). The molecule has 0 bridgehead atoms. The van der Waals surface area contributed by atoms with Gasteiger partial charge in [0.2, 0.25) is 0 Å². The average molecular weight is 270 g/mol. The van der Waals surface area contributed by atoms with E-state index < -0.39 is 5.60 Å². The molecule has 0 aromatic rings. The van der Waals surface area contributed by atoms with Gasteiger partial charge in [0.1, 0.15) is 5.60 Å². The van der Waals surface area contributed by atoms with Crippen LogP contribution in [0, 0.1) is 5.92 Å². The second-order valence-electron chi connectivity index (χ2n) is 6.91. The Kier molecular flexibility index (Phi) is 5.65. The van der Waals surface area contributed by atoms with Crippen LogP contribution in [-0.2, 0) is 4.74 Å². The van der Waals surface area contributed by atoms with Crippen molar-refractivity contribution >= 4 is 6.09 Å². The first-order chi connectivity index (χ1) is 8.70. The topological polar surface area (TPSA) is 41.6 Å². The molecule has 4 heteroatoms. The van der Waals surface area contributed by atoms with Crippen LogP contribution in [0.1, 0.15) is 54.4 Å². The molecule has 0 aromatic carbocycles. The largest absolute Gasteiger partial charge is 0.444 e. The number of hydrogen-bond donors (Lipinski definition) is 1. The van der Waals surface area contributed by atoms with Crippen LogP contribution in [0.2, 0.25) is 0 Å². The summed E-state index contributed by atoms with van der Waals surface area (Å²) in [7, 11) is 0. The van der Waals surface area contributed by atoms with Crippen molar-refractivity contribution in [1.29, 1.82) is 0 Å². The second-order valence-corrected chi connectivity index (χ2v) is 6.91. The van der Waals surface area contributed by atoms with Crippen LogP contribution in [0.3, 0.4) is 0 Å². The number of nitrogens with zero attached hydrogens (tertiary/aromatic N) is 1. The summed E-state index contributed by atoms with van der Waals surface area (Å²) in [5, 5.41) is 3.52. The summed E-state index contributed by atoms with van der Waals surface area (Å²) in [6.07, 6.45) is 1.97. The van der Waals surface area contributed by atoms with Crippen molar-refractivity contribution in [1.82, 2.24) is 10.2 Å². The van der Waals surface area contributed by atoms with Gasteiger partial charge in [-0.1, -0.05) is 13.8 Å². The molecular weight excluding hydrogens is 240 g/mol. The first-order valence-corrected chi connectivity index (χ1v) is 7.43. The zero-order valence-electron chi connectivity index (χ0n) is 13.3. The molecule has 0 spiro atoms. The second kappa shape index (κ2) is 6.60. The minimum absolute atomic E-state index is 0.172. The third-order valence-corrected chi connectivity index (χ3v) is 3.68. The molecule has 1 N–H and O–H groups in total. The third kappa shape index (κ3) is 5.39. The number of ether oxygens (including phenoxy) is 1. The Morgan fingerprint density at radius 2 is 2.00 bits per heavy atom. The maximum Gasteiger partial charge on any atom is 0.410 e. The minimum atomic E-state index is -0.414. The first kappa shape index (κ1) is 16.3. The molecule has 1 saturated heterocycles. The van der Waals surface area contributed by atoms with Gasteiger partial charge < -0.3 is 15.0 Å². The van der Waals surface area contributed by atoms with E-state index in [2.05, 4.69) is 26.1 Å². The molecule has 0 aliphatic carbocycles. The quantitative estimate of drug-likeness (QED) is 0.854. The Labute approximate surface area is 117 Å². The molecule has 1 amide bonds. The van der Waals surface area contributed by atoms with Crippen LogP contribution in [-0.4, -0.2) is 41.8 Å².